The average molecular weight is 328 g/mol. The minimum Gasteiger partial charge on any atom is -0.366 e. The Kier molecular flexibility index (Phi) is 4.51. The van der Waals surface area contributed by atoms with Gasteiger partial charge in [0, 0.05) is 23.5 Å². The molecule has 2 heterocycles. The van der Waals surface area contributed by atoms with Crippen LogP contribution in [0.25, 0.3) is 0 Å². The lowest BCUT2D eigenvalue weighted by Crippen LogP contribution is -2.20. The third kappa shape index (κ3) is 3.41. The van der Waals surface area contributed by atoms with Gasteiger partial charge in [-0.3, -0.25) is 5.43 Å². The molecule has 0 aliphatic rings. The zero-order chi connectivity index (χ0) is 13.0. The number of nitrogens with zero attached hydrogens (tertiary/aromatic N) is 2. The molecular formula is C11H14BrN5S. The lowest BCUT2D eigenvalue weighted by molar-refractivity contribution is 0.792. The molecule has 0 saturated carbocycles. The summed E-state index contributed by atoms with van der Waals surface area (Å²) >= 11 is 5.17. The molecule has 0 aromatic carbocycles. The Morgan fingerprint density at radius 1 is 1.56 bits per heavy atom. The van der Waals surface area contributed by atoms with Crippen LogP contribution in [-0.2, 0) is 6.42 Å². The summed E-state index contributed by atoms with van der Waals surface area (Å²) in [7, 11) is 0. The Balaban J connectivity index is 2.04. The van der Waals surface area contributed by atoms with Crippen LogP contribution < -0.4 is 16.6 Å². The summed E-state index contributed by atoms with van der Waals surface area (Å²) in [4.78, 5) is 9.61. The summed E-state index contributed by atoms with van der Waals surface area (Å²) in [6.45, 7) is 2.11. The second kappa shape index (κ2) is 6.12. The molecule has 5 nitrogen and oxygen atoms in total. The van der Waals surface area contributed by atoms with Crippen molar-refractivity contribution in [2.75, 3.05) is 10.7 Å². The van der Waals surface area contributed by atoms with E-state index in [9.17, 15) is 0 Å². The van der Waals surface area contributed by atoms with Gasteiger partial charge in [0.05, 0.1) is 4.47 Å². The van der Waals surface area contributed by atoms with Crippen molar-refractivity contribution in [2.24, 2.45) is 5.84 Å². The molecule has 0 amide bonds. The normalized spacial score (nSPS) is 12.2. The second-order valence-electron chi connectivity index (χ2n) is 3.86. The quantitative estimate of drug-likeness (QED) is 0.581. The highest BCUT2D eigenvalue weighted by Crippen LogP contribution is 2.21. The van der Waals surface area contributed by atoms with Gasteiger partial charge in [-0.15, -0.1) is 11.3 Å². The first kappa shape index (κ1) is 13.3. The van der Waals surface area contributed by atoms with Gasteiger partial charge in [0.15, 0.2) is 0 Å². The number of halogens is 1. The van der Waals surface area contributed by atoms with E-state index in [1.807, 2.05) is 0 Å². The van der Waals surface area contributed by atoms with Crippen molar-refractivity contribution >= 4 is 39.0 Å². The van der Waals surface area contributed by atoms with Gasteiger partial charge in [0.1, 0.15) is 5.82 Å². The Morgan fingerprint density at radius 3 is 3.06 bits per heavy atom. The summed E-state index contributed by atoms with van der Waals surface area (Å²) < 4.78 is 0.819. The van der Waals surface area contributed by atoms with E-state index < -0.39 is 0 Å². The number of nitrogens with one attached hydrogen (secondary N) is 2. The number of rotatable bonds is 5. The van der Waals surface area contributed by atoms with E-state index in [2.05, 4.69) is 61.1 Å². The molecule has 1 atom stereocenters. The summed E-state index contributed by atoms with van der Waals surface area (Å²) in [5, 5.41) is 5.42. The number of hydrazine groups is 1. The number of nitrogens with two attached hydrogens (primary N) is 1. The van der Waals surface area contributed by atoms with E-state index >= 15 is 0 Å². The van der Waals surface area contributed by atoms with Crippen molar-refractivity contribution < 1.29 is 0 Å². The van der Waals surface area contributed by atoms with Crippen LogP contribution in [0.4, 0.5) is 11.8 Å². The number of thiophene rings is 1. The number of nitrogen functional groups attached to an aromatic ring is 1. The Morgan fingerprint density at radius 2 is 2.39 bits per heavy atom. The predicted octanol–water partition coefficient (Wildman–Crippen LogP) is 2.63. The van der Waals surface area contributed by atoms with E-state index in [1.54, 1.807) is 17.5 Å². The third-order valence-electron chi connectivity index (χ3n) is 2.34. The van der Waals surface area contributed by atoms with Gasteiger partial charge in [0.2, 0.25) is 5.95 Å². The second-order valence-corrected chi connectivity index (χ2v) is 5.75. The molecule has 0 radical (unpaired) electrons. The molecule has 18 heavy (non-hydrogen) atoms. The van der Waals surface area contributed by atoms with Gasteiger partial charge in [-0.05, 0) is 34.3 Å². The van der Waals surface area contributed by atoms with Crippen LogP contribution in [-0.4, -0.2) is 16.0 Å². The standard InChI is InChI=1S/C11H14BrN5S/c1-7(5-8-3-2-4-18-8)15-10-9(12)6-14-11(16-10)17-13/h2-4,6-7H,5,13H2,1H3,(H2,14,15,16,17). The van der Waals surface area contributed by atoms with Crippen molar-refractivity contribution in [3.63, 3.8) is 0 Å². The van der Waals surface area contributed by atoms with E-state index in [0.717, 1.165) is 16.7 Å². The number of hydrogen-bond acceptors (Lipinski definition) is 6. The van der Waals surface area contributed by atoms with Crippen LogP contribution in [0.15, 0.2) is 28.2 Å². The largest absolute Gasteiger partial charge is 0.366 e. The topological polar surface area (TPSA) is 75.9 Å². The molecule has 1 unspecified atom stereocenters. The average Bonchev–Trinajstić information content (AvgIpc) is 2.84. The highest BCUT2D eigenvalue weighted by Gasteiger charge is 2.09. The summed E-state index contributed by atoms with van der Waals surface area (Å²) in [6.07, 6.45) is 2.63. The van der Waals surface area contributed by atoms with E-state index in [4.69, 9.17) is 5.84 Å². The fourth-order valence-electron chi connectivity index (χ4n) is 1.55. The van der Waals surface area contributed by atoms with Crippen LogP contribution in [0.3, 0.4) is 0 Å². The Labute approximate surface area is 118 Å². The van der Waals surface area contributed by atoms with Crippen molar-refractivity contribution in [1.82, 2.24) is 9.97 Å². The van der Waals surface area contributed by atoms with Crippen molar-refractivity contribution in [1.29, 1.82) is 0 Å². The SMILES string of the molecule is CC(Cc1cccs1)Nc1nc(NN)ncc1Br. The first-order chi connectivity index (χ1) is 8.69. The van der Waals surface area contributed by atoms with Crippen LogP contribution in [0.5, 0.6) is 0 Å². The van der Waals surface area contributed by atoms with Gasteiger partial charge < -0.3 is 5.32 Å². The van der Waals surface area contributed by atoms with Gasteiger partial charge in [-0.1, -0.05) is 6.07 Å². The molecule has 0 bridgehead atoms. The first-order valence-corrected chi connectivity index (χ1v) is 7.14. The van der Waals surface area contributed by atoms with Crippen LogP contribution in [0.1, 0.15) is 11.8 Å². The smallest absolute Gasteiger partial charge is 0.239 e. The van der Waals surface area contributed by atoms with E-state index in [1.165, 1.54) is 4.88 Å². The lowest BCUT2D eigenvalue weighted by Gasteiger charge is -2.15. The molecule has 0 fully saturated rings. The number of aromatic nitrogens is 2. The molecule has 0 spiro atoms. The summed E-state index contributed by atoms with van der Waals surface area (Å²) in [5.74, 6) is 6.42. The molecule has 2 aromatic heterocycles. The van der Waals surface area contributed by atoms with Gasteiger partial charge in [0.25, 0.3) is 0 Å². The molecule has 2 rings (SSSR count). The van der Waals surface area contributed by atoms with Crippen LogP contribution in [0, 0.1) is 0 Å². The summed E-state index contributed by atoms with van der Waals surface area (Å²) in [6, 6.07) is 4.47. The van der Waals surface area contributed by atoms with Crippen molar-refractivity contribution in [3.8, 4) is 0 Å². The molecule has 0 aliphatic carbocycles. The fourth-order valence-corrected chi connectivity index (χ4v) is 2.69. The minimum atomic E-state index is 0.278. The van der Waals surface area contributed by atoms with E-state index in [-0.39, 0.29) is 6.04 Å². The molecule has 0 saturated heterocycles. The lowest BCUT2D eigenvalue weighted by atomic mass is 10.2. The maximum Gasteiger partial charge on any atom is 0.239 e. The first-order valence-electron chi connectivity index (χ1n) is 5.47. The van der Waals surface area contributed by atoms with Crippen molar-refractivity contribution in [2.45, 2.75) is 19.4 Å². The molecular weight excluding hydrogens is 314 g/mol. The highest BCUT2D eigenvalue weighted by molar-refractivity contribution is 9.10. The zero-order valence-electron chi connectivity index (χ0n) is 9.85. The molecule has 2 aromatic rings. The predicted molar refractivity (Wildman–Crippen MR) is 78.6 cm³/mol. The van der Waals surface area contributed by atoms with Gasteiger partial charge in [-0.25, -0.2) is 10.8 Å². The Hall–Kier alpha value is -1.18. The van der Waals surface area contributed by atoms with Gasteiger partial charge in [-0.2, -0.15) is 4.98 Å². The van der Waals surface area contributed by atoms with Crippen LogP contribution in [0.2, 0.25) is 0 Å². The molecule has 0 aliphatic heterocycles. The monoisotopic (exact) mass is 327 g/mol. The van der Waals surface area contributed by atoms with Gasteiger partial charge >= 0.3 is 0 Å². The highest BCUT2D eigenvalue weighted by atomic mass is 79.9. The van der Waals surface area contributed by atoms with E-state index in [0.29, 0.717) is 5.95 Å². The van der Waals surface area contributed by atoms with Crippen LogP contribution >= 0.6 is 27.3 Å². The Bertz CT molecular complexity index is 502. The number of anilines is 2. The van der Waals surface area contributed by atoms with Crippen molar-refractivity contribution in [3.05, 3.63) is 33.1 Å². The maximum absolute atomic E-state index is 5.29. The summed E-state index contributed by atoms with van der Waals surface area (Å²) in [5.41, 5.74) is 2.43. The fraction of sp³-hybridized carbons (Fsp3) is 0.273. The number of hydrogen-bond donors (Lipinski definition) is 3. The minimum absolute atomic E-state index is 0.278. The molecule has 96 valence electrons. The maximum atomic E-state index is 5.29. The third-order valence-corrected chi connectivity index (χ3v) is 3.82. The molecule has 7 heteroatoms. The molecule has 4 N–H and O–H groups in total. The zero-order valence-corrected chi connectivity index (χ0v) is 12.3.